The molecular formula is C16H13F2N3O. The lowest BCUT2D eigenvalue weighted by molar-refractivity contribution is 0.0985. The minimum Gasteiger partial charge on any atom is -0.365 e. The van der Waals surface area contributed by atoms with Crippen LogP contribution in [0.4, 0.5) is 8.78 Å². The summed E-state index contributed by atoms with van der Waals surface area (Å²) in [6.45, 7) is 0.286. The summed E-state index contributed by atoms with van der Waals surface area (Å²) >= 11 is 0. The van der Waals surface area contributed by atoms with Gasteiger partial charge in [0, 0.05) is 6.20 Å². The smallest absolute Gasteiger partial charge is 0.282 e. The lowest BCUT2D eigenvalue weighted by Crippen LogP contribution is -2.12. The van der Waals surface area contributed by atoms with Crippen LogP contribution in [0.1, 0.15) is 28.0 Å². The van der Waals surface area contributed by atoms with E-state index in [4.69, 9.17) is 5.73 Å². The Morgan fingerprint density at radius 1 is 1.18 bits per heavy atom. The number of primary amides is 1. The summed E-state index contributed by atoms with van der Waals surface area (Å²) in [4.78, 5) is 11.2. The second-order valence-electron chi connectivity index (χ2n) is 4.93. The van der Waals surface area contributed by atoms with Crippen molar-refractivity contribution in [2.24, 2.45) is 5.73 Å². The molecule has 2 N–H and O–H groups in total. The number of alkyl halides is 2. The lowest BCUT2D eigenvalue weighted by Gasteiger charge is -2.06. The number of fused-ring (bicyclic) bond motifs is 1. The first-order chi connectivity index (χ1) is 10.6. The average molecular weight is 301 g/mol. The molecule has 0 unspecified atom stereocenters. The number of nitrogens with two attached hydrogens (primary N) is 1. The molecule has 6 heteroatoms. The maximum Gasteiger partial charge on any atom is 0.282 e. The molecule has 0 aliphatic rings. The number of hydrogen-bond donors (Lipinski definition) is 1. The first-order valence-electron chi connectivity index (χ1n) is 6.68. The lowest BCUT2D eigenvalue weighted by atomic mass is 10.0. The van der Waals surface area contributed by atoms with E-state index in [0.717, 1.165) is 16.3 Å². The summed E-state index contributed by atoms with van der Waals surface area (Å²) in [5.41, 5.74) is 5.24. The van der Waals surface area contributed by atoms with Gasteiger partial charge in [0.2, 0.25) is 0 Å². The van der Waals surface area contributed by atoms with Crippen LogP contribution in [0.3, 0.4) is 0 Å². The Balaban J connectivity index is 2.02. The van der Waals surface area contributed by atoms with E-state index >= 15 is 0 Å². The largest absolute Gasteiger partial charge is 0.365 e. The number of carbonyl (C=O) groups excluding carboxylic acids is 1. The number of nitrogens with zero attached hydrogens (tertiary/aromatic N) is 2. The highest BCUT2D eigenvalue weighted by Crippen LogP contribution is 2.23. The highest BCUT2D eigenvalue weighted by Gasteiger charge is 2.21. The topological polar surface area (TPSA) is 60.9 Å². The van der Waals surface area contributed by atoms with E-state index in [2.05, 4.69) is 5.10 Å². The highest BCUT2D eigenvalue weighted by molar-refractivity contribution is 5.93. The van der Waals surface area contributed by atoms with Gasteiger partial charge in [-0.05, 0) is 16.3 Å². The number of benzene rings is 2. The summed E-state index contributed by atoms with van der Waals surface area (Å²) in [6, 6.07) is 13.5. The third-order valence-corrected chi connectivity index (χ3v) is 3.47. The van der Waals surface area contributed by atoms with Crippen LogP contribution in [-0.4, -0.2) is 15.7 Å². The summed E-state index contributed by atoms with van der Waals surface area (Å²) in [5, 5.41) is 5.86. The summed E-state index contributed by atoms with van der Waals surface area (Å²) in [7, 11) is 0. The van der Waals surface area contributed by atoms with Crippen molar-refractivity contribution < 1.29 is 13.6 Å². The van der Waals surface area contributed by atoms with Crippen molar-refractivity contribution in [3.8, 4) is 0 Å². The van der Waals surface area contributed by atoms with Crippen molar-refractivity contribution in [3.05, 3.63) is 65.5 Å². The maximum absolute atomic E-state index is 12.9. The fourth-order valence-corrected chi connectivity index (χ4v) is 2.47. The molecule has 0 aliphatic carbocycles. The van der Waals surface area contributed by atoms with E-state index in [0.29, 0.717) is 0 Å². The second-order valence-corrected chi connectivity index (χ2v) is 4.93. The van der Waals surface area contributed by atoms with Crippen LogP contribution in [0.15, 0.2) is 48.7 Å². The Morgan fingerprint density at radius 3 is 2.59 bits per heavy atom. The van der Waals surface area contributed by atoms with Crippen molar-refractivity contribution >= 4 is 16.7 Å². The molecule has 1 amide bonds. The molecule has 0 spiro atoms. The predicted molar refractivity (Wildman–Crippen MR) is 78.8 cm³/mol. The molecular weight excluding hydrogens is 288 g/mol. The first-order valence-corrected chi connectivity index (χ1v) is 6.68. The van der Waals surface area contributed by atoms with Gasteiger partial charge in [-0.3, -0.25) is 9.48 Å². The van der Waals surface area contributed by atoms with Crippen LogP contribution in [-0.2, 0) is 6.54 Å². The van der Waals surface area contributed by atoms with Crippen LogP contribution in [0.2, 0.25) is 0 Å². The number of hydrogen-bond acceptors (Lipinski definition) is 2. The van der Waals surface area contributed by atoms with E-state index in [1.54, 1.807) is 0 Å². The molecule has 1 heterocycles. The number of carbonyl (C=O) groups is 1. The van der Waals surface area contributed by atoms with E-state index in [1.165, 1.54) is 10.9 Å². The Morgan fingerprint density at radius 2 is 1.91 bits per heavy atom. The third kappa shape index (κ3) is 2.55. The van der Waals surface area contributed by atoms with E-state index in [9.17, 15) is 13.6 Å². The second kappa shape index (κ2) is 5.55. The van der Waals surface area contributed by atoms with Gasteiger partial charge in [0.25, 0.3) is 12.3 Å². The Bertz CT molecular complexity index is 837. The van der Waals surface area contributed by atoms with Crippen molar-refractivity contribution in [1.29, 1.82) is 0 Å². The molecule has 112 valence electrons. The Hall–Kier alpha value is -2.76. The van der Waals surface area contributed by atoms with Gasteiger partial charge in [-0.2, -0.15) is 5.10 Å². The van der Waals surface area contributed by atoms with Gasteiger partial charge in [0.15, 0.2) is 0 Å². The fraction of sp³-hybridized carbons (Fsp3) is 0.125. The van der Waals surface area contributed by atoms with Gasteiger partial charge in [0.05, 0.1) is 12.1 Å². The molecule has 3 aromatic rings. The molecule has 0 saturated heterocycles. The van der Waals surface area contributed by atoms with Crippen LogP contribution in [0.5, 0.6) is 0 Å². The molecule has 0 bridgehead atoms. The quantitative estimate of drug-likeness (QED) is 0.805. The molecule has 22 heavy (non-hydrogen) atoms. The van der Waals surface area contributed by atoms with Crippen molar-refractivity contribution in [2.75, 3.05) is 0 Å². The molecule has 0 saturated carbocycles. The average Bonchev–Trinajstić information content (AvgIpc) is 2.92. The van der Waals surface area contributed by atoms with Gasteiger partial charge in [-0.25, -0.2) is 8.78 Å². The minimum atomic E-state index is -2.84. The number of rotatable bonds is 4. The van der Waals surface area contributed by atoms with Gasteiger partial charge < -0.3 is 5.73 Å². The van der Waals surface area contributed by atoms with Gasteiger partial charge >= 0.3 is 0 Å². The van der Waals surface area contributed by atoms with E-state index in [-0.39, 0.29) is 12.1 Å². The molecule has 0 aliphatic heterocycles. The fourth-order valence-electron chi connectivity index (χ4n) is 2.47. The monoisotopic (exact) mass is 301 g/mol. The van der Waals surface area contributed by atoms with E-state index < -0.39 is 18.0 Å². The van der Waals surface area contributed by atoms with Crippen LogP contribution in [0, 0.1) is 0 Å². The Kier molecular flexibility index (Phi) is 3.58. The first kappa shape index (κ1) is 14.2. The molecule has 4 nitrogen and oxygen atoms in total. The van der Waals surface area contributed by atoms with Crippen molar-refractivity contribution in [3.63, 3.8) is 0 Å². The predicted octanol–water partition coefficient (Wildman–Crippen LogP) is 3.12. The number of aromatic nitrogens is 2. The minimum absolute atomic E-state index is 0.241. The summed E-state index contributed by atoms with van der Waals surface area (Å²) < 4.78 is 27.1. The highest BCUT2D eigenvalue weighted by atomic mass is 19.3. The van der Waals surface area contributed by atoms with Gasteiger partial charge in [-0.15, -0.1) is 0 Å². The molecule has 3 rings (SSSR count). The molecule has 2 aromatic carbocycles. The molecule has 0 fully saturated rings. The maximum atomic E-state index is 12.9. The van der Waals surface area contributed by atoms with Crippen molar-refractivity contribution in [2.45, 2.75) is 13.0 Å². The van der Waals surface area contributed by atoms with Crippen LogP contribution < -0.4 is 5.73 Å². The zero-order valence-electron chi connectivity index (χ0n) is 11.5. The molecule has 0 atom stereocenters. The zero-order valence-corrected chi connectivity index (χ0v) is 11.5. The molecule has 1 aromatic heterocycles. The standard InChI is InChI=1S/C16H13F2N3O/c17-15(18)14-13(16(19)22)9-21(20-14)8-11-6-3-5-10-4-1-2-7-12(10)11/h1-7,9,15H,8H2,(H2,19,22). The number of amides is 1. The third-order valence-electron chi connectivity index (χ3n) is 3.47. The SMILES string of the molecule is NC(=O)c1cn(Cc2cccc3ccccc23)nc1C(F)F. The summed E-state index contributed by atoms with van der Waals surface area (Å²) in [6.07, 6.45) is -1.57. The zero-order chi connectivity index (χ0) is 15.7. The normalized spacial score (nSPS) is 11.2. The number of halogens is 2. The van der Waals surface area contributed by atoms with Gasteiger partial charge in [0.1, 0.15) is 5.69 Å². The van der Waals surface area contributed by atoms with Crippen LogP contribution >= 0.6 is 0 Å². The molecule has 0 radical (unpaired) electrons. The van der Waals surface area contributed by atoms with Crippen LogP contribution in [0.25, 0.3) is 10.8 Å². The Labute approximate surface area is 125 Å². The summed E-state index contributed by atoms with van der Waals surface area (Å²) in [5.74, 6) is -0.903. The van der Waals surface area contributed by atoms with Gasteiger partial charge in [-0.1, -0.05) is 42.5 Å². The van der Waals surface area contributed by atoms with E-state index in [1.807, 2.05) is 42.5 Å². The van der Waals surface area contributed by atoms with Crippen molar-refractivity contribution in [1.82, 2.24) is 9.78 Å².